The van der Waals surface area contributed by atoms with Gasteiger partial charge < -0.3 is 10.1 Å². The van der Waals surface area contributed by atoms with Crippen molar-refractivity contribution >= 4 is 27.9 Å². The van der Waals surface area contributed by atoms with Gasteiger partial charge in [0.2, 0.25) is 10.0 Å². The Kier molecular flexibility index (Phi) is 8.55. The van der Waals surface area contributed by atoms with Gasteiger partial charge in [-0.2, -0.15) is 4.72 Å². The topological polar surface area (TPSA) is 131 Å². The first-order valence-electron chi connectivity index (χ1n) is 9.59. The predicted molar refractivity (Wildman–Crippen MR) is 113 cm³/mol. The van der Waals surface area contributed by atoms with Gasteiger partial charge in [-0.3, -0.25) is 14.9 Å². The van der Waals surface area contributed by atoms with Gasteiger partial charge in [-0.05, 0) is 77.6 Å². The van der Waals surface area contributed by atoms with Crippen LogP contribution >= 0.6 is 0 Å². The van der Waals surface area contributed by atoms with Gasteiger partial charge in [-0.1, -0.05) is 6.07 Å². The standard InChI is InChI=1S/C20H31N3O6S/c1-10(2)21-20(26)22-18(24)16(8)29-19(25)15(7)23-30(27,28)17-13(5)11(3)9-12(4)14(17)6/h9-10,15-16,23H,1-8H3,(H2,21,22,24,26)/t15-,16?/m0/s1. The minimum Gasteiger partial charge on any atom is -0.451 e. The Bertz CT molecular complexity index is 914. The minimum absolute atomic E-state index is 0.121. The number of nitrogens with one attached hydrogen (secondary N) is 3. The SMILES string of the molecule is Cc1cc(C)c(C)c(S(=O)(=O)N[C@@H](C)C(=O)OC(C)C(=O)NC(=O)NC(C)C)c1C. The van der Waals surface area contributed by atoms with Crippen molar-refractivity contribution in [1.29, 1.82) is 0 Å². The molecule has 0 saturated carbocycles. The van der Waals surface area contributed by atoms with E-state index in [1.165, 1.54) is 13.8 Å². The zero-order chi connectivity index (χ0) is 23.4. The van der Waals surface area contributed by atoms with Crippen LogP contribution in [-0.4, -0.2) is 44.5 Å². The molecule has 0 bridgehead atoms. The Morgan fingerprint density at radius 2 is 1.43 bits per heavy atom. The number of carbonyl (C=O) groups is 3. The molecule has 0 fully saturated rings. The molecule has 168 valence electrons. The number of carbonyl (C=O) groups excluding carboxylic acids is 3. The van der Waals surface area contributed by atoms with Crippen LogP contribution in [0.1, 0.15) is 49.9 Å². The van der Waals surface area contributed by atoms with Gasteiger partial charge in [0.15, 0.2) is 6.10 Å². The van der Waals surface area contributed by atoms with Crippen LogP contribution in [0.15, 0.2) is 11.0 Å². The van der Waals surface area contributed by atoms with E-state index in [4.69, 9.17) is 4.74 Å². The average Bonchev–Trinajstić information content (AvgIpc) is 2.58. The van der Waals surface area contributed by atoms with Crippen molar-refractivity contribution in [2.24, 2.45) is 0 Å². The molecule has 3 amide bonds. The molecule has 0 aliphatic rings. The van der Waals surface area contributed by atoms with Gasteiger partial charge >= 0.3 is 12.0 Å². The summed E-state index contributed by atoms with van der Waals surface area (Å²) in [6.45, 7) is 13.1. The lowest BCUT2D eigenvalue weighted by Gasteiger charge is -2.20. The number of hydrogen-bond acceptors (Lipinski definition) is 6. The summed E-state index contributed by atoms with van der Waals surface area (Å²) in [5.74, 6) is -1.76. The monoisotopic (exact) mass is 441 g/mol. The molecule has 0 heterocycles. The number of rotatable bonds is 7. The fraction of sp³-hybridized carbons (Fsp3) is 0.550. The van der Waals surface area contributed by atoms with Crippen molar-refractivity contribution in [3.8, 4) is 0 Å². The molecule has 0 spiro atoms. The van der Waals surface area contributed by atoms with E-state index in [1.54, 1.807) is 27.7 Å². The summed E-state index contributed by atoms with van der Waals surface area (Å²) in [6.07, 6.45) is -1.29. The van der Waals surface area contributed by atoms with E-state index in [0.717, 1.165) is 11.1 Å². The molecule has 1 aromatic carbocycles. The van der Waals surface area contributed by atoms with Crippen molar-refractivity contribution in [3.05, 3.63) is 28.3 Å². The zero-order valence-corrected chi connectivity index (χ0v) is 19.5. The van der Waals surface area contributed by atoms with E-state index < -0.39 is 40.1 Å². The van der Waals surface area contributed by atoms with Crippen LogP contribution in [0.5, 0.6) is 0 Å². The van der Waals surface area contributed by atoms with Crippen LogP contribution in [0.2, 0.25) is 0 Å². The lowest BCUT2D eigenvalue weighted by Crippen LogP contribution is -2.48. The number of sulfonamides is 1. The van der Waals surface area contributed by atoms with Gasteiger partial charge in [-0.15, -0.1) is 0 Å². The van der Waals surface area contributed by atoms with E-state index in [-0.39, 0.29) is 10.9 Å². The maximum atomic E-state index is 12.9. The molecule has 0 aliphatic heterocycles. The highest BCUT2D eigenvalue weighted by atomic mass is 32.2. The zero-order valence-electron chi connectivity index (χ0n) is 18.7. The van der Waals surface area contributed by atoms with Gasteiger partial charge in [0.05, 0.1) is 4.90 Å². The average molecular weight is 442 g/mol. The number of imide groups is 1. The molecule has 0 aromatic heterocycles. The van der Waals surface area contributed by atoms with Crippen molar-refractivity contribution in [1.82, 2.24) is 15.4 Å². The molecular formula is C20H31N3O6S. The molecule has 3 N–H and O–H groups in total. The third kappa shape index (κ3) is 6.53. The molecular weight excluding hydrogens is 410 g/mol. The van der Waals surface area contributed by atoms with Crippen molar-refractivity contribution in [3.63, 3.8) is 0 Å². The lowest BCUT2D eigenvalue weighted by atomic mass is 10.0. The number of hydrogen-bond donors (Lipinski definition) is 3. The maximum Gasteiger partial charge on any atom is 0.324 e. The number of amides is 3. The molecule has 0 saturated heterocycles. The summed E-state index contributed by atoms with van der Waals surface area (Å²) in [6, 6.07) is -0.235. The van der Waals surface area contributed by atoms with Crippen LogP contribution in [0.3, 0.4) is 0 Å². The summed E-state index contributed by atoms with van der Waals surface area (Å²) >= 11 is 0. The molecule has 2 atom stereocenters. The van der Waals surface area contributed by atoms with Crippen LogP contribution in [0.25, 0.3) is 0 Å². The Morgan fingerprint density at radius 1 is 0.933 bits per heavy atom. The first kappa shape index (κ1) is 25.6. The molecule has 1 unspecified atom stereocenters. The van der Waals surface area contributed by atoms with Crippen molar-refractivity contribution < 1.29 is 27.5 Å². The Hall–Kier alpha value is -2.46. The summed E-state index contributed by atoms with van der Waals surface area (Å²) < 4.78 is 33.1. The molecule has 1 aromatic rings. The van der Waals surface area contributed by atoms with Crippen molar-refractivity contribution in [2.45, 2.75) is 78.5 Å². The second-order valence-corrected chi connectivity index (χ2v) is 9.28. The fourth-order valence-electron chi connectivity index (χ4n) is 2.77. The van der Waals surface area contributed by atoms with Crippen molar-refractivity contribution in [2.75, 3.05) is 0 Å². The summed E-state index contributed by atoms with van der Waals surface area (Å²) in [5.41, 5.74) is 2.82. The summed E-state index contributed by atoms with van der Waals surface area (Å²) in [7, 11) is -4.01. The third-order valence-corrected chi connectivity index (χ3v) is 6.38. The second-order valence-electron chi connectivity index (χ2n) is 7.63. The molecule has 1 rings (SSSR count). The molecule has 10 heteroatoms. The smallest absolute Gasteiger partial charge is 0.324 e. The first-order valence-corrected chi connectivity index (χ1v) is 11.1. The largest absolute Gasteiger partial charge is 0.451 e. The Morgan fingerprint density at radius 3 is 1.90 bits per heavy atom. The number of urea groups is 1. The van der Waals surface area contributed by atoms with Gasteiger partial charge in [0.25, 0.3) is 5.91 Å². The molecule has 0 radical (unpaired) electrons. The number of ether oxygens (including phenoxy) is 1. The quantitative estimate of drug-likeness (QED) is 0.553. The third-order valence-electron chi connectivity index (χ3n) is 4.57. The number of esters is 1. The second kappa shape index (κ2) is 10.0. The normalized spacial score (nSPS) is 13.5. The van der Waals surface area contributed by atoms with E-state index in [1.807, 2.05) is 19.9 Å². The molecule has 9 nitrogen and oxygen atoms in total. The van der Waals surface area contributed by atoms with Gasteiger partial charge in [0, 0.05) is 6.04 Å². The fourth-order valence-corrected chi connectivity index (χ4v) is 4.57. The van der Waals surface area contributed by atoms with Gasteiger partial charge in [-0.25, -0.2) is 13.2 Å². The molecule has 0 aliphatic carbocycles. The number of aryl methyl sites for hydroxylation is 2. The van der Waals surface area contributed by atoms with E-state index in [9.17, 15) is 22.8 Å². The van der Waals surface area contributed by atoms with Crippen LogP contribution in [-0.2, 0) is 24.3 Å². The highest BCUT2D eigenvalue weighted by Crippen LogP contribution is 2.26. The number of benzene rings is 1. The Labute approximate surface area is 178 Å². The van der Waals surface area contributed by atoms with E-state index >= 15 is 0 Å². The Balaban J connectivity index is 2.88. The van der Waals surface area contributed by atoms with Gasteiger partial charge in [0.1, 0.15) is 6.04 Å². The van der Waals surface area contributed by atoms with Crippen LogP contribution in [0.4, 0.5) is 4.79 Å². The van der Waals surface area contributed by atoms with Crippen LogP contribution in [0, 0.1) is 27.7 Å². The lowest BCUT2D eigenvalue weighted by molar-refractivity contribution is -0.155. The highest BCUT2D eigenvalue weighted by Gasteiger charge is 2.29. The maximum absolute atomic E-state index is 12.9. The predicted octanol–water partition coefficient (Wildman–Crippen LogP) is 1.75. The molecule has 30 heavy (non-hydrogen) atoms. The summed E-state index contributed by atoms with van der Waals surface area (Å²) in [4.78, 5) is 36.0. The van der Waals surface area contributed by atoms with Crippen LogP contribution < -0.4 is 15.4 Å². The summed E-state index contributed by atoms with van der Waals surface area (Å²) in [5, 5.41) is 4.52. The highest BCUT2D eigenvalue weighted by molar-refractivity contribution is 7.89. The first-order chi connectivity index (χ1) is 13.7. The van der Waals surface area contributed by atoms with E-state index in [0.29, 0.717) is 11.1 Å². The minimum atomic E-state index is -4.01. The van der Waals surface area contributed by atoms with E-state index in [2.05, 4.69) is 15.4 Å².